The van der Waals surface area contributed by atoms with Gasteiger partial charge in [-0.25, -0.2) is 4.98 Å². The number of fused-ring (bicyclic) bond motifs is 1. The van der Waals surface area contributed by atoms with E-state index in [9.17, 15) is 0 Å². The minimum atomic E-state index is 0.382. The molecule has 0 spiro atoms. The first-order chi connectivity index (χ1) is 17.4. The Hall–Kier alpha value is -1.88. The van der Waals surface area contributed by atoms with Crippen molar-refractivity contribution in [1.82, 2.24) is 19.7 Å². The molecule has 36 heavy (non-hydrogen) atoms. The van der Waals surface area contributed by atoms with Crippen LogP contribution in [0.4, 0.5) is 0 Å². The summed E-state index contributed by atoms with van der Waals surface area (Å²) in [5.74, 6) is 2.29. The standard InChI is InChI=1S/C28H42IN4O3/c1-29-14-17-32(4)15-6-20-34-24-10-8-23(9-11-24)28-30-26-13-12-25(22-27(26)36-28)35-21-7-16-33(5)19-18-31(2)3/h8-13,22H,6-7,14-21H2,1-5H3/q-1. The molecule has 1 heterocycles. The summed E-state index contributed by atoms with van der Waals surface area (Å²) in [7, 11) is 8.54. The molecule has 1 aromatic heterocycles. The Kier molecular flexibility index (Phi) is 12.3. The molecule has 0 aliphatic carbocycles. The summed E-state index contributed by atoms with van der Waals surface area (Å²) < 4.78 is 19.3. The Labute approximate surface area is 227 Å². The number of nitrogens with zero attached hydrogens (tertiary/aromatic N) is 4. The third-order valence-corrected chi connectivity index (χ3v) is 7.51. The van der Waals surface area contributed by atoms with Crippen molar-refractivity contribution >= 4 is 11.1 Å². The molecule has 0 unspecified atom stereocenters. The molecule has 3 aromatic rings. The summed E-state index contributed by atoms with van der Waals surface area (Å²) in [6.45, 7) is 6.81. The number of hydrogen-bond acceptors (Lipinski definition) is 7. The van der Waals surface area contributed by atoms with E-state index in [2.05, 4.69) is 52.8 Å². The topological polar surface area (TPSA) is 54.2 Å². The van der Waals surface area contributed by atoms with Crippen LogP contribution in [0.25, 0.3) is 22.6 Å². The van der Waals surface area contributed by atoms with Crippen molar-refractivity contribution in [2.24, 2.45) is 0 Å². The third kappa shape index (κ3) is 9.88. The number of benzene rings is 2. The van der Waals surface area contributed by atoms with Crippen LogP contribution in [0, 0.1) is 0 Å². The van der Waals surface area contributed by atoms with Gasteiger partial charge in [-0.1, -0.05) is 0 Å². The van der Waals surface area contributed by atoms with Gasteiger partial charge in [0.25, 0.3) is 0 Å². The number of alkyl halides is 2. The molecule has 0 atom stereocenters. The molecular weight excluding hydrogens is 567 g/mol. The van der Waals surface area contributed by atoms with Gasteiger partial charge < -0.3 is 19.0 Å². The molecule has 0 saturated carbocycles. The molecule has 0 aliphatic heterocycles. The molecule has 0 bridgehead atoms. The van der Waals surface area contributed by atoms with Crippen LogP contribution in [0.15, 0.2) is 46.9 Å². The summed E-state index contributed by atoms with van der Waals surface area (Å²) in [5, 5.41) is 0. The number of likely N-dealkylation sites (N-methyl/N-ethyl adjacent to an activating group) is 2. The second kappa shape index (κ2) is 15.4. The van der Waals surface area contributed by atoms with E-state index in [0.717, 1.165) is 73.8 Å². The van der Waals surface area contributed by atoms with Gasteiger partial charge in [-0.2, -0.15) is 0 Å². The SMILES string of the molecule is C[I-]CCN(C)CCCOc1ccc(-c2nc3ccc(OCCCN(C)CCN(C)C)cc3o2)cc1. The Balaban J connectivity index is 1.45. The van der Waals surface area contributed by atoms with Crippen LogP contribution in [0.2, 0.25) is 0 Å². The van der Waals surface area contributed by atoms with Crippen LogP contribution in [-0.2, 0) is 0 Å². The van der Waals surface area contributed by atoms with Crippen molar-refractivity contribution in [2.45, 2.75) is 12.8 Å². The molecule has 0 radical (unpaired) electrons. The Bertz CT molecular complexity index is 1030. The normalized spacial score (nSPS) is 11.9. The molecule has 3 rings (SSSR count). The van der Waals surface area contributed by atoms with Gasteiger partial charge >= 0.3 is 115 Å². The predicted octanol–water partition coefficient (Wildman–Crippen LogP) is 1.18. The van der Waals surface area contributed by atoms with E-state index in [-0.39, 0.29) is 0 Å². The summed E-state index contributed by atoms with van der Waals surface area (Å²) in [5.41, 5.74) is 2.50. The third-order valence-electron chi connectivity index (χ3n) is 5.95. The summed E-state index contributed by atoms with van der Waals surface area (Å²) >= 11 is 0.382. The molecule has 8 heteroatoms. The first-order valence-corrected chi connectivity index (χ1v) is 16.3. The average Bonchev–Trinajstić information content (AvgIpc) is 3.30. The zero-order valence-corrected chi connectivity index (χ0v) is 24.7. The van der Waals surface area contributed by atoms with Crippen LogP contribution in [-0.4, -0.2) is 103 Å². The van der Waals surface area contributed by atoms with E-state index in [1.165, 1.54) is 11.0 Å². The van der Waals surface area contributed by atoms with Crippen molar-refractivity contribution in [1.29, 1.82) is 0 Å². The fourth-order valence-corrected chi connectivity index (χ4v) is 4.99. The molecule has 0 fully saturated rings. The number of halogens is 1. The molecule has 0 N–H and O–H groups in total. The average molecular weight is 610 g/mol. The first kappa shape index (κ1) is 28.7. The summed E-state index contributed by atoms with van der Waals surface area (Å²) in [6.07, 6.45) is 2.01. The number of rotatable bonds is 17. The molecule has 0 amide bonds. The van der Waals surface area contributed by atoms with Crippen molar-refractivity contribution in [3.63, 3.8) is 0 Å². The van der Waals surface area contributed by atoms with Crippen LogP contribution in [0.5, 0.6) is 11.5 Å². The minimum absolute atomic E-state index is 0.382. The molecule has 200 valence electrons. The Morgan fingerprint density at radius 2 is 1.42 bits per heavy atom. The van der Waals surface area contributed by atoms with Crippen LogP contribution in [0.3, 0.4) is 0 Å². The number of aromatic nitrogens is 1. The quantitative estimate of drug-likeness (QED) is 0.130. The fraction of sp³-hybridized carbons (Fsp3) is 0.536. The van der Waals surface area contributed by atoms with Gasteiger partial charge in [0, 0.05) is 25.7 Å². The van der Waals surface area contributed by atoms with E-state index in [1.807, 2.05) is 42.5 Å². The molecular formula is C28H42IN4O3-. The Morgan fingerprint density at radius 3 is 2.08 bits per heavy atom. The predicted molar refractivity (Wildman–Crippen MR) is 144 cm³/mol. The molecule has 7 nitrogen and oxygen atoms in total. The van der Waals surface area contributed by atoms with Gasteiger partial charge in [0.2, 0.25) is 0 Å². The van der Waals surface area contributed by atoms with Gasteiger partial charge in [0.05, 0.1) is 6.61 Å². The van der Waals surface area contributed by atoms with Crippen LogP contribution >= 0.6 is 0 Å². The van der Waals surface area contributed by atoms with Crippen LogP contribution in [0.1, 0.15) is 12.8 Å². The van der Waals surface area contributed by atoms with Crippen molar-refractivity contribution in [3.8, 4) is 23.0 Å². The van der Waals surface area contributed by atoms with Crippen molar-refractivity contribution in [2.75, 3.05) is 83.5 Å². The monoisotopic (exact) mass is 609 g/mol. The zero-order chi connectivity index (χ0) is 25.8. The number of oxazole rings is 1. The van der Waals surface area contributed by atoms with Crippen molar-refractivity contribution in [3.05, 3.63) is 42.5 Å². The van der Waals surface area contributed by atoms with Crippen molar-refractivity contribution < 1.29 is 35.1 Å². The first-order valence-electron chi connectivity index (χ1n) is 12.7. The van der Waals surface area contributed by atoms with Gasteiger partial charge in [0.15, 0.2) is 5.58 Å². The van der Waals surface area contributed by atoms with E-state index in [0.29, 0.717) is 33.7 Å². The van der Waals surface area contributed by atoms with E-state index in [1.54, 1.807) is 0 Å². The van der Waals surface area contributed by atoms with E-state index >= 15 is 0 Å². The summed E-state index contributed by atoms with van der Waals surface area (Å²) in [4.78, 5) is 13.9. The zero-order valence-electron chi connectivity index (χ0n) is 22.5. The van der Waals surface area contributed by atoms with Gasteiger partial charge in [-0.05, 0) is 39.7 Å². The summed E-state index contributed by atoms with van der Waals surface area (Å²) in [6, 6.07) is 13.8. The van der Waals surface area contributed by atoms with Gasteiger partial charge in [0.1, 0.15) is 11.3 Å². The molecule has 0 aliphatic rings. The molecule has 0 saturated heterocycles. The fourth-order valence-electron chi connectivity index (χ4n) is 3.68. The molecule has 2 aromatic carbocycles. The number of ether oxygens (including phenoxy) is 2. The number of hydrogen-bond donors (Lipinski definition) is 0. The van der Waals surface area contributed by atoms with Gasteiger partial charge in [-0.3, -0.25) is 0 Å². The van der Waals surface area contributed by atoms with Crippen LogP contribution < -0.4 is 30.7 Å². The second-order valence-corrected chi connectivity index (χ2v) is 12.0. The maximum atomic E-state index is 6.04. The Morgan fingerprint density at radius 1 is 0.778 bits per heavy atom. The van der Waals surface area contributed by atoms with E-state index in [4.69, 9.17) is 13.9 Å². The van der Waals surface area contributed by atoms with E-state index < -0.39 is 0 Å². The second-order valence-electron chi connectivity index (χ2n) is 9.44. The maximum absolute atomic E-state index is 6.04. The van der Waals surface area contributed by atoms with Gasteiger partial charge in [-0.15, -0.1) is 0 Å².